The number of rotatable bonds is 6. The van der Waals surface area contributed by atoms with E-state index < -0.39 is 9.84 Å². The first-order chi connectivity index (χ1) is 12.3. The number of Topliss-reactive ketones (excluding diaryl/α,β-unsaturated/α-hetero) is 1. The fourth-order valence-electron chi connectivity index (χ4n) is 3.56. The summed E-state index contributed by atoms with van der Waals surface area (Å²) in [5, 5.41) is 0. The van der Waals surface area contributed by atoms with E-state index in [-0.39, 0.29) is 29.9 Å². The molecule has 0 radical (unpaired) electrons. The van der Waals surface area contributed by atoms with Gasteiger partial charge in [-0.3, -0.25) is 4.79 Å². The fraction of sp³-hybridized carbons (Fsp3) is 0.421. The summed E-state index contributed by atoms with van der Waals surface area (Å²) in [4.78, 5) is 12.6. The van der Waals surface area contributed by atoms with Gasteiger partial charge >= 0.3 is 0 Å². The zero-order valence-electron chi connectivity index (χ0n) is 15.2. The zero-order chi connectivity index (χ0) is 18.9. The van der Waals surface area contributed by atoms with Gasteiger partial charge in [-0.15, -0.1) is 0 Å². The Morgan fingerprint density at radius 2 is 1.92 bits per heavy atom. The van der Waals surface area contributed by atoms with Gasteiger partial charge in [-0.25, -0.2) is 8.42 Å². The van der Waals surface area contributed by atoms with Crippen molar-refractivity contribution in [3.05, 3.63) is 47.3 Å². The van der Waals surface area contributed by atoms with Crippen LogP contribution in [0.15, 0.2) is 30.3 Å². The number of carbonyl (C=O) groups excluding carboxylic acids is 1. The van der Waals surface area contributed by atoms with Crippen LogP contribution >= 0.6 is 0 Å². The van der Waals surface area contributed by atoms with E-state index in [2.05, 4.69) is 0 Å². The summed E-state index contributed by atoms with van der Waals surface area (Å²) in [6.45, 7) is 3.65. The maximum atomic E-state index is 12.6. The zero-order valence-corrected chi connectivity index (χ0v) is 16.0. The number of methoxy groups -OCH3 is 1. The third kappa shape index (κ3) is 3.62. The number of para-hydroxylation sites is 2. The molecule has 26 heavy (non-hydrogen) atoms. The van der Waals surface area contributed by atoms with Gasteiger partial charge in [0.15, 0.2) is 27.9 Å². The van der Waals surface area contributed by atoms with Crippen LogP contribution < -0.4 is 9.47 Å². The molecule has 1 aliphatic heterocycles. The van der Waals surface area contributed by atoms with E-state index in [9.17, 15) is 13.2 Å². The van der Waals surface area contributed by atoms with Crippen molar-refractivity contribution in [3.8, 4) is 11.5 Å². The van der Waals surface area contributed by atoms with Gasteiger partial charge in [-0.05, 0) is 38.5 Å². The highest BCUT2D eigenvalue weighted by Crippen LogP contribution is 2.30. The molecule has 0 unspecified atom stereocenters. The molecule has 1 aromatic heterocycles. The Labute approximate surface area is 153 Å². The van der Waals surface area contributed by atoms with Gasteiger partial charge < -0.3 is 14.0 Å². The van der Waals surface area contributed by atoms with Crippen LogP contribution in [0.4, 0.5) is 0 Å². The van der Waals surface area contributed by atoms with Gasteiger partial charge in [-0.2, -0.15) is 0 Å². The molecule has 0 amide bonds. The van der Waals surface area contributed by atoms with Crippen LogP contribution in [0.1, 0.15) is 34.2 Å². The third-order valence-electron chi connectivity index (χ3n) is 4.79. The lowest BCUT2D eigenvalue weighted by Gasteiger charge is -2.16. The molecule has 6 nitrogen and oxygen atoms in total. The second kappa shape index (κ2) is 7.15. The Bertz CT molecular complexity index is 929. The molecular weight excluding hydrogens is 354 g/mol. The highest BCUT2D eigenvalue weighted by atomic mass is 32.2. The van der Waals surface area contributed by atoms with E-state index in [1.54, 1.807) is 19.2 Å². The molecule has 140 valence electrons. The summed E-state index contributed by atoms with van der Waals surface area (Å²) in [5.41, 5.74) is 2.25. The number of hydrogen-bond acceptors (Lipinski definition) is 5. The van der Waals surface area contributed by atoms with Gasteiger partial charge in [0.25, 0.3) is 0 Å². The second-order valence-corrected chi connectivity index (χ2v) is 8.80. The van der Waals surface area contributed by atoms with Crippen LogP contribution in [0.3, 0.4) is 0 Å². The summed E-state index contributed by atoms with van der Waals surface area (Å²) >= 11 is 0. The van der Waals surface area contributed by atoms with Crippen LogP contribution in [0, 0.1) is 13.8 Å². The number of ether oxygens (including phenoxy) is 2. The SMILES string of the molecule is COc1ccccc1OCC(=O)c1cc(C)n([C@H]2CCS(=O)(=O)C2)c1C. The number of carbonyl (C=O) groups is 1. The number of aryl methyl sites for hydroxylation is 1. The molecule has 3 rings (SSSR count). The predicted octanol–water partition coefficient (Wildman–Crippen LogP) is 2.73. The molecule has 1 aromatic carbocycles. The summed E-state index contributed by atoms with van der Waals surface area (Å²) in [7, 11) is -1.44. The Morgan fingerprint density at radius 1 is 1.23 bits per heavy atom. The first-order valence-corrected chi connectivity index (χ1v) is 10.3. The average Bonchev–Trinajstić information content (AvgIpc) is 3.11. The molecule has 2 aromatic rings. The van der Waals surface area contributed by atoms with Crippen LogP contribution in [-0.2, 0) is 9.84 Å². The van der Waals surface area contributed by atoms with E-state index >= 15 is 0 Å². The van der Waals surface area contributed by atoms with Crippen molar-refractivity contribution in [1.82, 2.24) is 4.57 Å². The maximum absolute atomic E-state index is 12.6. The largest absolute Gasteiger partial charge is 0.493 e. The Morgan fingerprint density at radius 3 is 2.54 bits per heavy atom. The number of nitrogens with zero attached hydrogens (tertiary/aromatic N) is 1. The van der Waals surface area contributed by atoms with Crippen molar-refractivity contribution in [2.75, 3.05) is 25.2 Å². The molecule has 0 N–H and O–H groups in total. The summed E-state index contributed by atoms with van der Waals surface area (Å²) in [6, 6.07) is 8.88. The van der Waals surface area contributed by atoms with Gasteiger partial charge in [0.2, 0.25) is 5.78 Å². The topological polar surface area (TPSA) is 74.6 Å². The van der Waals surface area contributed by atoms with Crippen LogP contribution in [0.25, 0.3) is 0 Å². The van der Waals surface area contributed by atoms with Crippen molar-refractivity contribution >= 4 is 15.6 Å². The van der Waals surface area contributed by atoms with Gasteiger partial charge in [0, 0.05) is 23.0 Å². The first kappa shape index (κ1) is 18.5. The molecule has 1 saturated heterocycles. The summed E-state index contributed by atoms with van der Waals surface area (Å²) in [6.07, 6.45) is 0.587. The predicted molar refractivity (Wildman–Crippen MR) is 99.0 cm³/mol. The normalized spacial score (nSPS) is 18.7. The van der Waals surface area contributed by atoms with Crippen molar-refractivity contribution < 1.29 is 22.7 Å². The molecule has 0 saturated carbocycles. The minimum atomic E-state index is -2.99. The summed E-state index contributed by atoms with van der Waals surface area (Å²) in [5.74, 6) is 1.28. The van der Waals surface area contributed by atoms with E-state index in [0.717, 1.165) is 11.4 Å². The third-order valence-corrected chi connectivity index (χ3v) is 6.54. The molecule has 1 aliphatic rings. The number of benzene rings is 1. The highest BCUT2D eigenvalue weighted by Gasteiger charge is 2.31. The van der Waals surface area contributed by atoms with Crippen molar-refractivity contribution in [2.24, 2.45) is 0 Å². The van der Waals surface area contributed by atoms with Gasteiger partial charge in [0.05, 0.1) is 18.6 Å². The smallest absolute Gasteiger partial charge is 0.202 e. The lowest BCUT2D eigenvalue weighted by Crippen LogP contribution is -2.16. The molecule has 0 aliphatic carbocycles. The quantitative estimate of drug-likeness (QED) is 0.724. The Hall–Kier alpha value is -2.28. The van der Waals surface area contributed by atoms with Crippen molar-refractivity contribution in [3.63, 3.8) is 0 Å². The molecule has 2 heterocycles. The lowest BCUT2D eigenvalue weighted by molar-refractivity contribution is 0.0918. The van der Waals surface area contributed by atoms with Gasteiger partial charge in [-0.1, -0.05) is 12.1 Å². The van der Waals surface area contributed by atoms with Crippen molar-refractivity contribution in [2.45, 2.75) is 26.3 Å². The minimum absolute atomic E-state index is 0.100. The highest BCUT2D eigenvalue weighted by molar-refractivity contribution is 7.91. The molecular formula is C19H23NO5S. The lowest BCUT2D eigenvalue weighted by atomic mass is 10.1. The minimum Gasteiger partial charge on any atom is -0.493 e. The van der Waals surface area contributed by atoms with E-state index in [4.69, 9.17) is 9.47 Å². The van der Waals surface area contributed by atoms with E-state index in [1.165, 1.54) is 0 Å². The molecule has 7 heteroatoms. The number of sulfone groups is 1. The molecule has 1 fully saturated rings. The molecule has 0 spiro atoms. The monoisotopic (exact) mass is 377 g/mol. The number of ketones is 1. The van der Waals surface area contributed by atoms with E-state index in [1.807, 2.05) is 36.6 Å². The average molecular weight is 377 g/mol. The van der Waals surface area contributed by atoms with Crippen LogP contribution in [-0.4, -0.2) is 44.0 Å². The van der Waals surface area contributed by atoms with Crippen LogP contribution in [0.5, 0.6) is 11.5 Å². The number of hydrogen-bond donors (Lipinski definition) is 0. The number of aromatic nitrogens is 1. The van der Waals surface area contributed by atoms with Crippen LogP contribution in [0.2, 0.25) is 0 Å². The second-order valence-electron chi connectivity index (χ2n) is 6.57. The van der Waals surface area contributed by atoms with Gasteiger partial charge in [0.1, 0.15) is 0 Å². The maximum Gasteiger partial charge on any atom is 0.202 e. The molecule has 0 bridgehead atoms. The Balaban J connectivity index is 1.77. The van der Waals surface area contributed by atoms with E-state index in [0.29, 0.717) is 23.5 Å². The fourth-order valence-corrected chi connectivity index (χ4v) is 5.26. The molecule has 1 atom stereocenters. The van der Waals surface area contributed by atoms with Crippen molar-refractivity contribution in [1.29, 1.82) is 0 Å². The standard InChI is InChI=1S/C19H23NO5S/c1-13-10-16(14(2)20(13)15-8-9-26(22,23)12-15)17(21)11-25-19-7-5-4-6-18(19)24-3/h4-7,10,15H,8-9,11-12H2,1-3H3/t15-/m0/s1. The Kier molecular flexibility index (Phi) is 5.09. The summed E-state index contributed by atoms with van der Waals surface area (Å²) < 4.78 is 36.4. The first-order valence-electron chi connectivity index (χ1n) is 8.50.